The highest BCUT2D eigenvalue weighted by atomic mass is 19.1. The predicted octanol–water partition coefficient (Wildman–Crippen LogP) is 1.69. The zero-order chi connectivity index (χ0) is 13.2. The Hall–Kier alpha value is -0.970. The quantitative estimate of drug-likeness (QED) is 0.868. The van der Waals surface area contributed by atoms with E-state index in [0.717, 1.165) is 6.42 Å². The van der Waals surface area contributed by atoms with Gasteiger partial charge in [-0.05, 0) is 43.5 Å². The van der Waals surface area contributed by atoms with Gasteiger partial charge in [0.05, 0.1) is 6.10 Å². The van der Waals surface area contributed by atoms with Crippen LogP contribution in [-0.4, -0.2) is 41.7 Å². The second kappa shape index (κ2) is 5.57. The minimum Gasteiger partial charge on any atom is -0.387 e. The normalized spacial score (nSPS) is 28.5. The Balaban J connectivity index is 1.54. The molecular weight excluding hydrogens is 243 g/mol. The maximum Gasteiger partial charge on any atom is 0.123 e. The summed E-state index contributed by atoms with van der Waals surface area (Å²) in [5.41, 5.74) is 0.647. The minimum atomic E-state index is -0.633. The molecule has 0 aliphatic carbocycles. The van der Waals surface area contributed by atoms with Crippen LogP contribution in [0.15, 0.2) is 24.3 Å². The van der Waals surface area contributed by atoms with Crippen molar-refractivity contribution in [3.63, 3.8) is 0 Å². The average molecular weight is 264 g/mol. The van der Waals surface area contributed by atoms with Crippen molar-refractivity contribution in [2.24, 2.45) is 0 Å². The number of aliphatic hydroxyl groups is 1. The lowest BCUT2D eigenvalue weighted by Gasteiger charge is -2.23. The number of hydrogen-bond donors (Lipinski definition) is 2. The summed E-state index contributed by atoms with van der Waals surface area (Å²) >= 11 is 0. The number of aliphatic hydroxyl groups excluding tert-OH is 1. The molecule has 3 rings (SSSR count). The van der Waals surface area contributed by atoms with E-state index in [9.17, 15) is 9.50 Å². The molecular formula is C15H21FN2O. The van der Waals surface area contributed by atoms with Crippen molar-refractivity contribution < 1.29 is 9.50 Å². The highest BCUT2D eigenvalue weighted by molar-refractivity contribution is 5.19. The van der Waals surface area contributed by atoms with Crippen LogP contribution in [0.4, 0.5) is 4.39 Å². The largest absolute Gasteiger partial charge is 0.387 e. The third-order valence-corrected chi connectivity index (χ3v) is 4.41. The van der Waals surface area contributed by atoms with Gasteiger partial charge < -0.3 is 10.4 Å². The van der Waals surface area contributed by atoms with E-state index in [1.165, 1.54) is 38.1 Å². The molecule has 2 aliphatic rings. The Morgan fingerprint density at radius 2 is 2.26 bits per heavy atom. The summed E-state index contributed by atoms with van der Waals surface area (Å²) < 4.78 is 13.1. The molecule has 0 amide bonds. The summed E-state index contributed by atoms with van der Waals surface area (Å²) in [4.78, 5) is 2.53. The van der Waals surface area contributed by atoms with Gasteiger partial charge in [-0.15, -0.1) is 0 Å². The Morgan fingerprint density at radius 1 is 1.37 bits per heavy atom. The molecule has 0 bridgehead atoms. The fourth-order valence-electron chi connectivity index (χ4n) is 3.42. The van der Waals surface area contributed by atoms with E-state index in [4.69, 9.17) is 0 Å². The first-order valence-corrected chi connectivity index (χ1v) is 7.15. The highest BCUT2D eigenvalue weighted by Gasteiger charge is 2.36. The van der Waals surface area contributed by atoms with Gasteiger partial charge in [-0.1, -0.05) is 12.1 Å². The molecule has 2 N–H and O–H groups in total. The third-order valence-electron chi connectivity index (χ3n) is 4.41. The topological polar surface area (TPSA) is 35.5 Å². The molecule has 104 valence electrons. The maximum absolute atomic E-state index is 13.1. The number of nitrogens with zero attached hydrogens (tertiary/aromatic N) is 1. The Bertz CT molecular complexity index is 440. The molecule has 2 aliphatic heterocycles. The Kier molecular flexibility index (Phi) is 3.82. The van der Waals surface area contributed by atoms with Crippen LogP contribution >= 0.6 is 0 Å². The summed E-state index contributed by atoms with van der Waals surface area (Å²) in [6.45, 7) is 2.88. The van der Waals surface area contributed by atoms with Crippen LogP contribution in [0.2, 0.25) is 0 Å². The van der Waals surface area contributed by atoms with Crippen LogP contribution in [-0.2, 0) is 0 Å². The van der Waals surface area contributed by atoms with Crippen molar-refractivity contribution >= 4 is 0 Å². The van der Waals surface area contributed by atoms with E-state index < -0.39 is 6.10 Å². The average Bonchev–Trinajstić information content (AvgIpc) is 2.99. The van der Waals surface area contributed by atoms with Gasteiger partial charge in [0.1, 0.15) is 5.82 Å². The van der Waals surface area contributed by atoms with E-state index in [1.54, 1.807) is 12.1 Å². The highest BCUT2D eigenvalue weighted by Crippen LogP contribution is 2.28. The molecule has 1 aromatic rings. The van der Waals surface area contributed by atoms with Crippen molar-refractivity contribution in [1.29, 1.82) is 0 Å². The fraction of sp³-hybridized carbons (Fsp3) is 0.600. The van der Waals surface area contributed by atoms with Crippen molar-refractivity contribution in [2.45, 2.75) is 37.5 Å². The molecule has 19 heavy (non-hydrogen) atoms. The lowest BCUT2D eigenvalue weighted by molar-refractivity contribution is 0.165. The molecule has 2 fully saturated rings. The van der Waals surface area contributed by atoms with Gasteiger partial charge in [-0.2, -0.15) is 0 Å². The minimum absolute atomic E-state index is 0.292. The van der Waals surface area contributed by atoms with Crippen LogP contribution in [0.1, 0.15) is 30.9 Å². The van der Waals surface area contributed by atoms with Crippen molar-refractivity contribution in [1.82, 2.24) is 10.2 Å². The molecule has 3 nitrogen and oxygen atoms in total. The van der Waals surface area contributed by atoms with Gasteiger partial charge in [0.2, 0.25) is 0 Å². The van der Waals surface area contributed by atoms with Gasteiger partial charge in [0.25, 0.3) is 0 Å². The summed E-state index contributed by atoms with van der Waals surface area (Å²) in [5, 5.41) is 13.6. The zero-order valence-electron chi connectivity index (χ0n) is 11.1. The van der Waals surface area contributed by atoms with E-state index in [-0.39, 0.29) is 5.82 Å². The number of halogens is 1. The van der Waals surface area contributed by atoms with E-state index in [1.807, 2.05) is 0 Å². The molecule has 3 unspecified atom stereocenters. The molecule has 1 aromatic carbocycles. The van der Waals surface area contributed by atoms with Gasteiger partial charge in [0.15, 0.2) is 0 Å². The maximum atomic E-state index is 13.1. The first kappa shape index (κ1) is 13.0. The number of benzene rings is 1. The first-order valence-electron chi connectivity index (χ1n) is 7.15. The standard InChI is InChI=1S/C15H21FN2O/c16-12-4-1-3-11(9-12)15(19)10-17-13-6-8-18-7-2-5-14(13)18/h1,3-4,9,13-15,17,19H,2,5-8,10H2. The second-order valence-corrected chi connectivity index (χ2v) is 5.62. The van der Waals surface area contributed by atoms with E-state index in [0.29, 0.717) is 24.2 Å². The number of rotatable bonds is 4. The predicted molar refractivity (Wildman–Crippen MR) is 72.4 cm³/mol. The molecule has 0 aromatic heterocycles. The Morgan fingerprint density at radius 3 is 3.11 bits per heavy atom. The summed E-state index contributed by atoms with van der Waals surface area (Å²) in [5.74, 6) is -0.292. The van der Waals surface area contributed by atoms with Crippen molar-refractivity contribution in [3.8, 4) is 0 Å². The van der Waals surface area contributed by atoms with Crippen molar-refractivity contribution in [2.75, 3.05) is 19.6 Å². The monoisotopic (exact) mass is 264 g/mol. The van der Waals surface area contributed by atoms with Gasteiger partial charge >= 0.3 is 0 Å². The summed E-state index contributed by atoms with van der Waals surface area (Å²) in [7, 11) is 0. The Labute approximate surface area is 113 Å². The second-order valence-electron chi connectivity index (χ2n) is 5.62. The van der Waals surface area contributed by atoms with Gasteiger partial charge in [0, 0.05) is 25.2 Å². The van der Waals surface area contributed by atoms with Crippen LogP contribution in [0, 0.1) is 5.82 Å². The van der Waals surface area contributed by atoms with E-state index in [2.05, 4.69) is 10.2 Å². The zero-order valence-corrected chi connectivity index (χ0v) is 11.1. The lowest BCUT2D eigenvalue weighted by Crippen LogP contribution is -2.40. The molecule has 0 saturated carbocycles. The van der Waals surface area contributed by atoms with E-state index >= 15 is 0 Å². The van der Waals surface area contributed by atoms with Crippen molar-refractivity contribution in [3.05, 3.63) is 35.6 Å². The molecule has 2 heterocycles. The SMILES string of the molecule is OC(CNC1CCN2CCCC12)c1cccc(F)c1. The summed E-state index contributed by atoms with van der Waals surface area (Å²) in [6, 6.07) is 7.33. The van der Waals surface area contributed by atoms with Gasteiger partial charge in [-0.3, -0.25) is 4.90 Å². The molecule has 4 heteroatoms. The first-order chi connectivity index (χ1) is 9.24. The lowest BCUT2D eigenvalue weighted by atomic mass is 10.1. The van der Waals surface area contributed by atoms with Crippen LogP contribution in [0.25, 0.3) is 0 Å². The fourth-order valence-corrected chi connectivity index (χ4v) is 3.42. The summed E-state index contributed by atoms with van der Waals surface area (Å²) in [6.07, 6.45) is 3.06. The number of hydrogen-bond acceptors (Lipinski definition) is 3. The third kappa shape index (κ3) is 2.81. The molecule has 3 atom stereocenters. The number of nitrogens with one attached hydrogen (secondary N) is 1. The molecule has 2 saturated heterocycles. The number of fused-ring (bicyclic) bond motifs is 1. The smallest absolute Gasteiger partial charge is 0.123 e. The van der Waals surface area contributed by atoms with Crippen LogP contribution in [0.3, 0.4) is 0 Å². The van der Waals surface area contributed by atoms with Crippen LogP contribution in [0.5, 0.6) is 0 Å². The van der Waals surface area contributed by atoms with Gasteiger partial charge in [-0.25, -0.2) is 4.39 Å². The molecule has 0 spiro atoms. The molecule has 0 radical (unpaired) electrons. The van der Waals surface area contributed by atoms with Crippen LogP contribution < -0.4 is 5.32 Å².